The van der Waals surface area contributed by atoms with E-state index in [2.05, 4.69) is 13.8 Å². The number of hydrogen-bond donors (Lipinski definition) is 0. The Morgan fingerprint density at radius 1 is 0.929 bits per heavy atom. The summed E-state index contributed by atoms with van der Waals surface area (Å²) in [7, 11) is 3.78. The van der Waals surface area contributed by atoms with Gasteiger partial charge in [-0.05, 0) is 26.9 Å². The SMILES string of the molecule is CCCCOB(OCCCC)N(C)C. The summed E-state index contributed by atoms with van der Waals surface area (Å²) in [4.78, 5) is 1.96. The molecule has 0 rings (SSSR count). The maximum absolute atomic E-state index is 5.59. The van der Waals surface area contributed by atoms with Gasteiger partial charge in [-0.3, -0.25) is 4.81 Å². The molecule has 0 aromatic carbocycles. The van der Waals surface area contributed by atoms with Crippen molar-refractivity contribution in [3.8, 4) is 0 Å². The van der Waals surface area contributed by atoms with E-state index < -0.39 is 0 Å². The summed E-state index contributed by atoms with van der Waals surface area (Å²) < 4.78 is 11.2. The first kappa shape index (κ1) is 13.9. The molecule has 14 heavy (non-hydrogen) atoms. The first-order chi connectivity index (χ1) is 6.72. The standard InChI is InChI=1S/C10H24BNO2/c1-5-7-9-13-11(12(3)4)14-10-8-6-2/h5-10H2,1-4H3. The van der Waals surface area contributed by atoms with Crippen molar-refractivity contribution in [3.05, 3.63) is 0 Å². The lowest BCUT2D eigenvalue weighted by Crippen LogP contribution is -2.39. The second-order valence-electron chi connectivity index (χ2n) is 3.72. The van der Waals surface area contributed by atoms with Crippen LogP contribution in [-0.2, 0) is 9.31 Å². The summed E-state index contributed by atoms with van der Waals surface area (Å²) in [5, 5.41) is 0. The molecule has 0 saturated heterocycles. The molecule has 0 N–H and O–H groups in total. The van der Waals surface area contributed by atoms with E-state index in [0.717, 1.165) is 38.9 Å². The second kappa shape index (κ2) is 9.50. The highest BCUT2D eigenvalue weighted by Gasteiger charge is 2.21. The van der Waals surface area contributed by atoms with E-state index in [9.17, 15) is 0 Å². The molecule has 0 aliphatic carbocycles. The summed E-state index contributed by atoms with van der Waals surface area (Å²) in [6.07, 6.45) is 4.52. The minimum Gasteiger partial charge on any atom is -0.397 e. The van der Waals surface area contributed by atoms with E-state index in [4.69, 9.17) is 9.31 Å². The summed E-state index contributed by atoms with van der Waals surface area (Å²) in [5.41, 5.74) is 0. The third kappa shape index (κ3) is 7.36. The highest BCUT2D eigenvalue weighted by atomic mass is 16.6. The zero-order chi connectivity index (χ0) is 10.8. The molecular weight excluding hydrogens is 177 g/mol. The molecule has 0 amide bonds. The Morgan fingerprint density at radius 3 is 1.64 bits per heavy atom. The normalized spacial score (nSPS) is 10.9. The van der Waals surface area contributed by atoms with Crippen molar-refractivity contribution >= 4 is 7.25 Å². The maximum Gasteiger partial charge on any atom is 0.557 e. The van der Waals surface area contributed by atoms with Crippen LogP contribution < -0.4 is 0 Å². The van der Waals surface area contributed by atoms with Gasteiger partial charge in [0, 0.05) is 13.2 Å². The zero-order valence-corrected chi connectivity index (χ0v) is 10.1. The highest BCUT2D eigenvalue weighted by Crippen LogP contribution is 1.98. The number of hydrogen-bond acceptors (Lipinski definition) is 3. The molecule has 0 heterocycles. The summed E-state index contributed by atoms with van der Waals surface area (Å²) in [6, 6.07) is 0. The van der Waals surface area contributed by atoms with Crippen molar-refractivity contribution in [2.75, 3.05) is 27.3 Å². The van der Waals surface area contributed by atoms with Crippen LogP contribution in [0.3, 0.4) is 0 Å². The fourth-order valence-corrected chi connectivity index (χ4v) is 1.00. The van der Waals surface area contributed by atoms with Crippen molar-refractivity contribution in [2.24, 2.45) is 0 Å². The molecule has 0 atom stereocenters. The van der Waals surface area contributed by atoms with Gasteiger partial charge in [0.2, 0.25) is 0 Å². The fraction of sp³-hybridized carbons (Fsp3) is 1.00. The van der Waals surface area contributed by atoms with Gasteiger partial charge < -0.3 is 9.31 Å². The maximum atomic E-state index is 5.59. The van der Waals surface area contributed by atoms with E-state index in [0.29, 0.717) is 0 Å². The summed E-state index contributed by atoms with van der Waals surface area (Å²) in [5.74, 6) is 0. The lowest BCUT2D eigenvalue weighted by atomic mass is 10.1. The Labute approximate surface area is 88.9 Å². The van der Waals surface area contributed by atoms with Gasteiger partial charge in [-0.1, -0.05) is 26.7 Å². The molecule has 0 spiro atoms. The van der Waals surface area contributed by atoms with E-state index >= 15 is 0 Å². The van der Waals surface area contributed by atoms with E-state index in [1.165, 1.54) is 0 Å². The Bertz CT molecular complexity index is 113. The van der Waals surface area contributed by atoms with Gasteiger partial charge in [0.1, 0.15) is 0 Å². The zero-order valence-electron chi connectivity index (χ0n) is 10.1. The van der Waals surface area contributed by atoms with Gasteiger partial charge in [-0.15, -0.1) is 0 Å². The molecule has 0 aliphatic rings. The van der Waals surface area contributed by atoms with Gasteiger partial charge in [0.15, 0.2) is 0 Å². The first-order valence-electron chi connectivity index (χ1n) is 5.62. The highest BCUT2D eigenvalue weighted by molar-refractivity contribution is 6.40. The quantitative estimate of drug-likeness (QED) is 0.421. The Hall–Kier alpha value is -0.0551. The van der Waals surface area contributed by atoms with Crippen molar-refractivity contribution in [1.82, 2.24) is 4.81 Å². The number of nitrogens with zero attached hydrogens (tertiary/aromatic N) is 1. The molecule has 0 aromatic heterocycles. The van der Waals surface area contributed by atoms with Crippen molar-refractivity contribution in [1.29, 1.82) is 0 Å². The molecule has 0 bridgehead atoms. The topological polar surface area (TPSA) is 21.7 Å². The van der Waals surface area contributed by atoms with Crippen LogP contribution in [0.25, 0.3) is 0 Å². The van der Waals surface area contributed by atoms with Crippen LogP contribution in [0.1, 0.15) is 39.5 Å². The average molecular weight is 201 g/mol. The molecule has 0 unspecified atom stereocenters. The van der Waals surface area contributed by atoms with Crippen LogP contribution in [-0.4, -0.2) is 39.4 Å². The Balaban J connectivity index is 3.55. The minimum atomic E-state index is -0.173. The van der Waals surface area contributed by atoms with Crippen molar-refractivity contribution < 1.29 is 9.31 Å². The average Bonchev–Trinajstić information content (AvgIpc) is 2.15. The number of rotatable bonds is 9. The Kier molecular flexibility index (Phi) is 9.46. The first-order valence-corrected chi connectivity index (χ1v) is 5.62. The second-order valence-corrected chi connectivity index (χ2v) is 3.72. The monoisotopic (exact) mass is 201 g/mol. The van der Waals surface area contributed by atoms with Gasteiger partial charge in [0.05, 0.1) is 0 Å². The van der Waals surface area contributed by atoms with Gasteiger partial charge in [0.25, 0.3) is 0 Å². The molecule has 0 aromatic rings. The Morgan fingerprint density at radius 2 is 1.36 bits per heavy atom. The van der Waals surface area contributed by atoms with Crippen molar-refractivity contribution in [3.63, 3.8) is 0 Å². The molecule has 0 aliphatic heterocycles. The minimum absolute atomic E-state index is 0.173. The van der Waals surface area contributed by atoms with Gasteiger partial charge in [-0.2, -0.15) is 0 Å². The predicted octanol–water partition coefficient (Wildman–Crippen LogP) is 2.17. The molecule has 4 heteroatoms. The molecule has 0 saturated carbocycles. The molecule has 84 valence electrons. The van der Waals surface area contributed by atoms with E-state index in [1.807, 2.05) is 18.9 Å². The smallest absolute Gasteiger partial charge is 0.397 e. The van der Waals surface area contributed by atoms with Crippen LogP contribution in [0.4, 0.5) is 0 Å². The van der Waals surface area contributed by atoms with E-state index in [-0.39, 0.29) is 7.25 Å². The fourth-order valence-electron chi connectivity index (χ4n) is 1.00. The summed E-state index contributed by atoms with van der Waals surface area (Å²) in [6.45, 7) is 5.88. The summed E-state index contributed by atoms with van der Waals surface area (Å²) >= 11 is 0. The molecule has 0 fully saturated rings. The van der Waals surface area contributed by atoms with Crippen LogP contribution >= 0.6 is 0 Å². The largest absolute Gasteiger partial charge is 0.557 e. The van der Waals surface area contributed by atoms with Crippen LogP contribution in [0.15, 0.2) is 0 Å². The van der Waals surface area contributed by atoms with Crippen molar-refractivity contribution in [2.45, 2.75) is 39.5 Å². The van der Waals surface area contributed by atoms with Gasteiger partial charge in [-0.25, -0.2) is 0 Å². The molecule has 3 nitrogen and oxygen atoms in total. The van der Waals surface area contributed by atoms with E-state index in [1.54, 1.807) is 0 Å². The third-order valence-corrected chi connectivity index (χ3v) is 1.94. The van der Waals surface area contributed by atoms with Crippen LogP contribution in [0.2, 0.25) is 0 Å². The van der Waals surface area contributed by atoms with Crippen LogP contribution in [0, 0.1) is 0 Å². The molecular formula is C10H24BNO2. The lowest BCUT2D eigenvalue weighted by molar-refractivity contribution is 0.155. The third-order valence-electron chi connectivity index (χ3n) is 1.94. The predicted molar refractivity (Wildman–Crippen MR) is 61.2 cm³/mol. The lowest BCUT2D eigenvalue weighted by Gasteiger charge is -2.19. The molecule has 0 radical (unpaired) electrons. The van der Waals surface area contributed by atoms with Crippen LogP contribution in [0.5, 0.6) is 0 Å². The van der Waals surface area contributed by atoms with Gasteiger partial charge >= 0.3 is 7.25 Å². The number of unbranched alkanes of at least 4 members (excludes halogenated alkanes) is 2.